The zero-order chi connectivity index (χ0) is 8.97. The predicted octanol–water partition coefficient (Wildman–Crippen LogP) is 4.38. The van der Waals surface area contributed by atoms with Crippen LogP contribution in [-0.2, 0) is 0 Å². The third kappa shape index (κ3) is 2.76. The standard InChI is InChI=1S/C11H21Br/c1-3-5-9-6-7-11(12)10(4-2)8-9/h9-11H,3-8H2,1-2H3. The van der Waals surface area contributed by atoms with Crippen molar-refractivity contribution in [2.75, 3.05) is 0 Å². The maximum Gasteiger partial charge on any atom is 0.0174 e. The van der Waals surface area contributed by atoms with Crippen LogP contribution in [0.3, 0.4) is 0 Å². The molecule has 3 atom stereocenters. The second-order valence-electron chi connectivity index (χ2n) is 4.15. The first-order valence-electron chi connectivity index (χ1n) is 5.42. The Balaban J connectivity index is 2.33. The molecule has 0 spiro atoms. The smallest absolute Gasteiger partial charge is 0.0174 e. The van der Waals surface area contributed by atoms with Gasteiger partial charge < -0.3 is 0 Å². The van der Waals surface area contributed by atoms with Gasteiger partial charge in [0.15, 0.2) is 0 Å². The molecule has 1 rings (SSSR count). The summed E-state index contributed by atoms with van der Waals surface area (Å²) in [6.07, 6.45) is 8.52. The number of hydrogen-bond acceptors (Lipinski definition) is 0. The van der Waals surface area contributed by atoms with E-state index in [1.807, 2.05) is 0 Å². The van der Waals surface area contributed by atoms with Gasteiger partial charge in [0.1, 0.15) is 0 Å². The quantitative estimate of drug-likeness (QED) is 0.634. The monoisotopic (exact) mass is 232 g/mol. The third-order valence-corrected chi connectivity index (χ3v) is 4.43. The fourth-order valence-electron chi connectivity index (χ4n) is 2.42. The molecule has 1 aliphatic carbocycles. The van der Waals surface area contributed by atoms with E-state index in [1.165, 1.54) is 38.5 Å². The van der Waals surface area contributed by atoms with Crippen LogP contribution < -0.4 is 0 Å². The van der Waals surface area contributed by atoms with Gasteiger partial charge in [-0.3, -0.25) is 0 Å². The highest BCUT2D eigenvalue weighted by molar-refractivity contribution is 9.09. The SMILES string of the molecule is CCCC1CCC(Br)C(CC)C1. The lowest BCUT2D eigenvalue weighted by Crippen LogP contribution is -2.24. The van der Waals surface area contributed by atoms with E-state index in [4.69, 9.17) is 0 Å². The van der Waals surface area contributed by atoms with Crippen LogP contribution in [0, 0.1) is 11.8 Å². The molecule has 1 heteroatoms. The van der Waals surface area contributed by atoms with Crippen molar-refractivity contribution in [3.63, 3.8) is 0 Å². The Morgan fingerprint density at radius 2 is 2.00 bits per heavy atom. The molecule has 1 saturated carbocycles. The van der Waals surface area contributed by atoms with Gasteiger partial charge in [-0.15, -0.1) is 0 Å². The molecule has 72 valence electrons. The molecule has 0 amide bonds. The summed E-state index contributed by atoms with van der Waals surface area (Å²) < 4.78 is 0. The van der Waals surface area contributed by atoms with E-state index in [0.717, 1.165) is 16.7 Å². The molecule has 0 bridgehead atoms. The molecular weight excluding hydrogens is 212 g/mol. The van der Waals surface area contributed by atoms with Crippen molar-refractivity contribution in [3.8, 4) is 0 Å². The topological polar surface area (TPSA) is 0 Å². The van der Waals surface area contributed by atoms with Gasteiger partial charge in [-0.05, 0) is 31.1 Å². The lowest BCUT2D eigenvalue weighted by atomic mass is 9.78. The van der Waals surface area contributed by atoms with E-state index in [-0.39, 0.29) is 0 Å². The number of alkyl halides is 1. The van der Waals surface area contributed by atoms with Crippen LogP contribution in [0.5, 0.6) is 0 Å². The molecule has 0 saturated heterocycles. The summed E-state index contributed by atoms with van der Waals surface area (Å²) in [6, 6.07) is 0. The molecule has 0 N–H and O–H groups in total. The second-order valence-corrected chi connectivity index (χ2v) is 5.33. The van der Waals surface area contributed by atoms with Crippen molar-refractivity contribution >= 4 is 15.9 Å². The van der Waals surface area contributed by atoms with Gasteiger partial charge in [-0.1, -0.05) is 49.0 Å². The molecular formula is C11H21Br. The van der Waals surface area contributed by atoms with Gasteiger partial charge in [0, 0.05) is 4.83 Å². The summed E-state index contributed by atoms with van der Waals surface area (Å²) in [7, 11) is 0. The molecule has 3 unspecified atom stereocenters. The lowest BCUT2D eigenvalue weighted by Gasteiger charge is -2.32. The molecule has 1 aliphatic rings. The second kappa shape index (κ2) is 5.26. The maximum atomic E-state index is 3.79. The van der Waals surface area contributed by atoms with Gasteiger partial charge in [-0.2, -0.15) is 0 Å². The minimum Gasteiger partial charge on any atom is -0.0888 e. The minimum atomic E-state index is 0.815. The average Bonchev–Trinajstić information content (AvgIpc) is 2.09. The largest absolute Gasteiger partial charge is 0.0888 e. The van der Waals surface area contributed by atoms with Crippen LogP contribution in [0.1, 0.15) is 52.4 Å². The Morgan fingerprint density at radius 1 is 1.25 bits per heavy atom. The maximum absolute atomic E-state index is 3.79. The van der Waals surface area contributed by atoms with Crippen LogP contribution >= 0.6 is 15.9 Å². The van der Waals surface area contributed by atoms with Crippen LogP contribution in [0.2, 0.25) is 0 Å². The van der Waals surface area contributed by atoms with Crippen molar-refractivity contribution in [1.82, 2.24) is 0 Å². The summed E-state index contributed by atoms with van der Waals surface area (Å²) in [5.74, 6) is 1.99. The first kappa shape index (κ1) is 10.6. The fourth-order valence-corrected chi connectivity index (χ4v) is 3.27. The molecule has 0 aliphatic heterocycles. The lowest BCUT2D eigenvalue weighted by molar-refractivity contribution is 0.259. The summed E-state index contributed by atoms with van der Waals surface area (Å²) >= 11 is 3.79. The van der Waals surface area contributed by atoms with Crippen molar-refractivity contribution in [1.29, 1.82) is 0 Å². The molecule has 0 aromatic carbocycles. The number of rotatable bonds is 3. The Bertz CT molecular complexity index is 122. The van der Waals surface area contributed by atoms with Crippen molar-refractivity contribution in [2.24, 2.45) is 11.8 Å². The Labute approximate surface area is 85.3 Å². The Morgan fingerprint density at radius 3 is 2.58 bits per heavy atom. The van der Waals surface area contributed by atoms with Crippen molar-refractivity contribution < 1.29 is 0 Å². The molecule has 0 radical (unpaired) electrons. The highest BCUT2D eigenvalue weighted by atomic mass is 79.9. The molecule has 1 fully saturated rings. The van der Waals surface area contributed by atoms with E-state index in [9.17, 15) is 0 Å². The zero-order valence-corrected chi connectivity index (χ0v) is 9.94. The first-order valence-corrected chi connectivity index (χ1v) is 6.33. The molecule has 0 aromatic rings. The van der Waals surface area contributed by atoms with Gasteiger partial charge >= 0.3 is 0 Å². The zero-order valence-electron chi connectivity index (χ0n) is 8.35. The Kier molecular flexibility index (Phi) is 4.63. The van der Waals surface area contributed by atoms with Crippen molar-refractivity contribution in [3.05, 3.63) is 0 Å². The van der Waals surface area contributed by atoms with E-state index < -0.39 is 0 Å². The van der Waals surface area contributed by atoms with Crippen molar-refractivity contribution in [2.45, 2.75) is 57.2 Å². The first-order chi connectivity index (χ1) is 5.77. The highest BCUT2D eigenvalue weighted by Crippen LogP contribution is 2.37. The number of halogens is 1. The van der Waals surface area contributed by atoms with E-state index >= 15 is 0 Å². The molecule has 0 nitrogen and oxygen atoms in total. The summed E-state index contributed by atoms with van der Waals surface area (Å²) in [5, 5.41) is 0. The van der Waals surface area contributed by atoms with Gasteiger partial charge in [-0.25, -0.2) is 0 Å². The van der Waals surface area contributed by atoms with Crippen LogP contribution in [-0.4, -0.2) is 4.83 Å². The van der Waals surface area contributed by atoms with E-state index in [1.54, 1.807) is 0 Å². The Hall–Kier alpha value is 0.480. The number of hydrogen-bond donors (Lipinski definition) is 0. The molecule has 0 aromatic heterocycles. The van der Waals surface area contributed by atoms with E-state index in [2.05, 4.69) is 29.8 Å². The van der Waals surface area contributed by atoms with Gasteiger partial charge in [0.2, 0.25) is 0 Å². The minimum absolute atomic E-state index is 0.815. The van der Waals surface area contributed by atoms with Crippen LogP contribution in [0.4, 0.5) is 0 Å². The predicted molar refractivity (Wildman–Crippen MR) is 58.7 cm³/mol. The van der Waals surface area contributed by atoms with Gasteiger partial charge in [0.25, 0.3) is 0 Å². The highest BCUT2D eigenvalue weighted by Gasteiger charge is 2.26. The molecule has 0 heterocycles. The van der Waals surface area contributed by atoms with Crippen LogP contribution in [0.15, 0.2) is 0 Å². The summed E-state index contributed by atoms with van der Waals surface area (Å²) in [6.45, 7) is 4.63. The third-order valence-electron chi connectivity index (χ3n) is 3.22. The van der Waals surface area contributed by atoms with E-state index in [0.29, 0.717) is 0 Å². The van der Waals surface area contributed by atoms with Gasteiger partial charge in [0.05, 0.1) is 0 Å². The normalized spacial score (nSPS) is 36.8. The van der Waals surface area contributed by atoms with Crippen LogP contribution in [0.25, 0.3) is 0 Å². The average molecular weight is 233 g/mol. The summed E-state index contributed by atoms with van der Waals surface area (Å²) in [5.41, 5.74) is 0. The fraction of sp³-hybridized carbons (Fsp3) is 1.00. The summed E-state index contributed by atoms with van der Waals surface area (Å²) in [4.78, 5) is 0.815. The molecule has 12 heavy (non-hydrogen) atoms.